The molecule has 7 heteroatoms. The second-order valence-corrected chi connectivity index (χ2v) is 4.98. The number of halogens is 1. The predicted molar refractivity (Wildman–Crippen MR) is 77.5 cm³/mol. The van der Waals surface area contributed by atoms with Gasteiger partial charge in [0.1, 0.15) is 0 Å². The van der Waals surface area contributed by atoms with Gasteiger partial charge >= 0.3 is 17.9 Å². The normalized spacial score (nSPS) is 10.4. The summed E-state index contributed by atoms with van der Waals surface area (Å²) in [5.74, 6) is -4.53. The van der Waals surface area contributed by atoms with Crippen LogP contribution in [-0.2, 0) is 0 Å². The van der Waals surface area contributed by atoms with Crippen LogP contribution in [0.15, 0.2) is 24.3 Å². The first-order valence-electron chi connectivity index (χ1n) is 5.30. The van der Waals surface area contributed by atoms with E-state index in [0.717, 1.165) is 0 Å². The summed E-state index contributed by atoms with van der Waals surface area (Å²) in [5.41, 5.74) is -1.71. The molecule has 0 aliphatic rings. The lowest BCUT2D eigenvalue weighted by Gasteiger charge is -2.12. The zero-order valence-corrected chi connectivity index (χ0v) is 11.9. The zero-order valence-electron chi connectivity index (χ0n) is 9.75. The Balaban J connectivity index is 3.15. The smallest absolute Gasteiger partial charge is 0.337 e. The summed E-state index contributed by atoms with van der Waals surface area (Å²) >= 11 is 1.72. The molecule has 0 atom stereocenters. The van der Waals surface area contributed by atoms with Gasteiger partial charge < -0.3 is 15.3 Å². The Kier molecular flexibility index (Phi) is 3.62. The Morgan fingerprint density at radius 2 is 1.20 bits per heavy atom. The van der Waals surface area contributed by atoms with Gasteiger partial charge in [0.25, 0.3) is 0 Å². The third kappa shape index (κ3) is 2.09. The largest absolute Gasteiger partial charge is 0.478 e. The highest BCUT2D eigenvalue weighted by Gasteiger charge is 2.29. The maximum absolute atomic E-state index is 11.4. The average Bonchev–Trinajstić information content (AvgIpc) is 2.37. The summed E-state index contributed by atoms with van der Waals surface area (Å²) in [4.78, 5) is 34.0. The summed E-state index contributed by atoms with van der Waals surface area (Å²) in [6.07, 6.45) is 0. The molecule has 6 nitrogen and oxygen atoms in total. The van der Waals surface area contributed by atoms with Gasteiger partial charge in [0.05, 0.1) is 16.7 Å². The first-order chi connectivity index (χ1) is 9.36. The molecule has 2 rings (SSSR count). The molecule has 0 aliphatic heterocycles. The first-order valence-corrected chi connectivity index (χ1v) is 6.38. The number of rotatable bonds is 3. The Hall–Kier alpha value is -2.16. The SMILES string of the molecule is O=C(O)c1c(C(=O)O)c(C(=O)O)c2ccccc2c1I. The van der Waals surface area contributed by atoms with Gasteiger partial charge in [0.15, 0.2) is 0 Å². The van der Waals surface area contributed by atoms with Crippen LogP contribution in [0.3, 0.4) is 0 Å². The number of hydrogen-bond acceptors (Lipinski definition) is 3. The number of carbonyl (C=O) groups is 3. The molecule has 0 heterocycles. The van der Waals surface area contributed by atoms with E-state index in [2.05, 4.69) is 0 Å². The van der Waals surface area contributed by atoms with Gasteiger partial charge in [-0.2, -0.15) is 0 Å². The van der Waals surface area contributed by atoms with Crippen molar-refractivity contribution in [2.75, 3.05) is 0 Å². The van der Waals surface area contributed by atoms with Gasteiger partial charge in [-0.1, -0.05) is 24.3 Å². The monoisotopic (exact) mass is 386 g/mol. The van der Waals surface area contributed by atoms with Crippen LogP contribution in [0.25, 0.3) is 10.8 Å². The van der Waals surface area contributed by atoms with E-state index < -0.39 is 34.6 Å². The van der Waals surface area contributed by atoms with Crippen molar-refractivity contribution in [2.45, 2.75) is 0 Å². The van der Waals surface area contributed by atoms with Crippen LogP contribution in [0.2, 0.25) is 0 Å². The van der Waals surface area contributed by atoms with Gasteiger partial charge in [-0.3, -0.25) is 0 Å². The molecule has 0 fully saturated rings. The number of carboxylic acid groups (broad SMARTS) is 3. The van der Waals surface area contributed by atoms with Crippen molar-refractivity contribution in [3.63, 3.8) is 0 Å². The molecular formula is C13H7IO6. The Labute approximate surface area is 125 Å². The Morgan fingerprint density at radius 3 is 1.65 bits per heavy atom. The van der Waals surface area contributed by atoms with Crippen molar-refractivity contribution in [2.24, 2.45) is 0 Å². The third-order valence-corrected chi connectivity index (χ3v) is 3.91. The van der Waals surface area contributed by atoms with Gasteiger partial charge in [-0.05, 0) is 33.4 Å². The molecule has 0 spiro atoms. The van der Waals surface area contributed by atoms with Crippen molar-refractivity contribution < 1.29 is 29.7 Å². The number of fused-ring (bicyclic) bond motifs is 1. The van der Waals surface area contributed by atoms with Crippen molar-refractivity contribution in [1.29, 1.82) is 0 Å². The van der Waals surface area contributed by atoms with Crippen molar-refractivity contribution in [1.82, 2.24) is 0 Å². The van der Waals surface area contributed by atoms with E-state index in [-0.39, 0.29) is 8.96 Å². The Morgan fingerprint density at radius 1 is 0.750 bits per heavy atom. The second kappa shape index (κ2) is 5.08. The minimum Gasteiger partial charge on any atom is -0.478 e. The fourth-order valence-electron chi connectivity index (χ4n) is 2.03. The molecule has 0 amide bonds. The van der Waals surface area contributed by atoms with Crippen LogP contribution in [0.1, 0.15) is 31.1 Å². The fraction of sp³-hybridized carbons (Fsp3) is 0. The minimum atomic E-state index is -1.58. The van der Waals surface area contributed by atoms with Crippen LogP contribution in [0.4, 0.5) is 0 Å². The molecule has 20 heavy (non-hydrogen) atoms. The van der Waals surface area contributed by atoms with Gasteiger partial charge in [0.2, 0.25) is 0 Å². The number of carboxylic acids is 3. The van der Waals surface area contributed by atoms with Crippen molar-refractivity contribution >= 4 is 51.3 Å². The standard InChI is InChI=1S/C13H7IO6/c14-10-6-4-2-1-3-5(6)7(11(15)16)8(12(17)18)9(10)13(19)20/h1-4H,(H,15,16)(H,17,18)(H,19,20). The molecule has 0 bridgehead atoms. The quantitative estimate of drug-likeness (QED) is 0.700. The van der Waals surface area contributed by atoms with Gasteiger partial charge in [-0.25, -0.2) is 14.4 Å². The predicted octanol–water partition coefficient (Wildman–Crippen LogP) is 2.54. The highest BCUT2D eigenvalue weighted by atomic mass is 127. The summed E-state index contributed by atoms with van der Waals surface area (Å²) in [5, 5.41) is 28.2. The number of hydrogen-bond donors (Lipinski definition) is 3. The molecule has 0 radical (unpaired) electrons. The number of aromatic carboxylic acids is 3. The lowest BCUT2D eigenvalue weighted by molar-refractivity contribution is 0.0634. The summed E-state index contributed by atoms with van der Waals surface area (Å²) in [6, 6.07) is 6.21. The molecule has 0 saturated heterocycles. The molecule has 102 valence electrons. The molecule has 2 aromatic rings. The lowest BCUT2D eigenvalue weighted by Crippen LogP contribution is -2.17. The zero-order chi connectivity index (χ0) is 15.0. The van der Waals surface area contributed by atoms with Crippen molar-refractivity contribution in [3.8, 4) is 0 Å². The highest BCUT2D eigenvalue weighted by Crippen LogP contribution is 2.32. The van der Waals surface area contributed by atoms with Crippen LogP contribution in [0, 0.1) is 3.57 Å². The minimum absolute atomic E-state index is 0.201. The third-order valence-electron chi connectivity index (χ3n) is 2.79. The Bertz CT molecular complexity index is 765. The summed E-state index contributed by atoms with van der Waals surface area (Å²) in [6.45, 7) is 0. The first kappa shape index (κ1) is 14.3. The van der Waals surface area contributed by atoms with E-state index in [1.165, 1.54) is 6.07 Å². The van der Waals surface area contributed by atoms with Crippen LogP contribution < -0.4 is 0 Å². The fourth-order valence-corrected chi connectivity index (χ4v) is 3.00. The molecule has 0 saturated carbocycles. The lowest BCUT2D eigenvalue weighted by atomic mass is 9.94. The molecule has 2 aromatic carbocycles. The molecule has 0 aromatic heterocycles. The number of benzene rings is 2. The summed E-state index contributed by atoms with van der Waals surface area (Å²) < 4.78 is 0.202. The van der Waals surface area contributed by atoms with E-state index in [4.69, 9.17) is 0 Å². The van der Waals surface area contributed by atoms with E-state index >= 15 is 0 Å². The summed E-state index contributed by atoms with van der Waals surface area (Å²) in [7, 11) is 0. The molecule has 3 N–H and O–H groups in total. The maximum Gasteiger partial charge on any atom is 0.337 e. The topological polar surface area (TPSA) is 112 Å². The molecular weight excluding hydrogens is 379 g/mol. The van der Waals surface area contributed by atoms with Crippen LogP contribution in [-0.4, -0.2) is 33.2 Å². The second-order valence-electron chi connectivity index (χ2n) is 3.90. The van der Waals surface area contributed by atoms with Crippen LogP contribution >= 0.6 is 22.6 Å². The van der Waals surface area contributed by atoms with E-state index in [0.29, 0.717) is 5.39 Å². The molecule has 0 unspecified atom stereocenters. The van der Waals surface area contributed by atoms with E-state index in [1.54, 1.807) is 40.8 Å². The van der Waals surface area contributed by atoms with Crippen molar-refractivity contribution in [3.05, 3.63) is 44.5 Å². The van der Waals surface area contributed by atoms with E-state index in [9.17, 15) is 29.7 Å². The van der Waals surface area contributed by atoms with Gasteiger partial charge in [-0.15, -0.1) is 0 Å². The highest BCUT2D eigenvalue weighted by molar-refractivity contribution is 14.1. The maximum atomic E-state index is 11.4. The average molecular weight is 386 g/mol. The van der Waals surface area contributed by atoms with E-state index in [1.807, 2.05) is 0 Å². The molecule has 0 aliphatic carbocycles. The van der Waals surface area contributed by atoms with Crippen LogP contribution in [0.5, 0.6) is 0 Å². The van der Waals surface area contributed by atoms with Gasteiger partial charge in [0, 0.05) is 3.57 Å².